The summed E-state index contributed by atoms with van der Waals surface area (Å²) >= 11 is 0. The van der Waals surface area contributed by atoms with E-state index in [1.807, 2.05) is 26.0 Å². The van der Waals surface area contributed by atoms with E-state index in [2.05, 4.69) is 10.6 Å². The Morgan fingerprint density at radius 3 is 2.50 bits per heavy atom. The Kier molecular flexibility index (Phi) is 5.01. The molecule has 0 spiro atoms. The maximum atomic E-state index is 11.2. The SMILES string of the molecule is Cc1cc(O)c(CNc2cccc(NC(=O)CO)c2)cc1C. The van der Waals surface area contributed by atoms with E-state index in [4.69, 9.17) is 5.11 Å². The summed E-state index contributed by atoms with van der Waals surface area (Å²) in [5.41, 5.74) is 4.41. The van der Waals surface area contributed by atoms with E-state index in [9.17, 15) is 9.90 Å². The normalized spacial score (nSPS) is 10.3. The minimum absolute atomic E-state index is 0.264. The van der Waals surface area contributed by atoms with Gasteiger partial charge in [-0.3, -0.25) is 4.79 Å². The number of carbonyl (C=O) groups excluding carboxylic acids is 1. The van der Waals surface area contributed by atoms with Crippen molar-refractivity contribution in [2.75, 3.05) is 17.2 Å². The fraction of sp³-hybridized carbons (Fsp3) is 0.235. The van der Waals surface area contributed by atoms with Crippen molar-refractivity contribution in [1.82, 2.24) is 0 Å². The van der Waals surface area contributed by atoms with Gasteiger partial charge in [0.1, 0.15) is 12.4 Å². The van der Waals surface area contributed by atoms with Crippen LogP contribution in [0.1, 0.15) is 16.7 Å². The van der Waals surface area contributed by atoms with Crippen LogP contribution in [0, 0.1) is 13.8 Å². The molecule has 4 N–H and O–H groups in total. The second-order valence-electron chi connectivity index (χ2n) is 5.21. The molecule has 2 aromatic rings. The highest BCUT2D eigenvalue weighted by atomic mass is 16.3. The van der Waals surface area contributed by atoms with Gasteiger partial charge in [0.15, 0.2) is 0 Å². The number of aliphatic hydroxyl groups excluding tert-OH is 1. The van der Waals surface area contributed by atoms with Crippen LogP contribution in [0.25, 0.3) is 0 Å². The molecule has 5 heteroatoms. The molecule has 0 radical (unpaired) electrons. The van der Waals surface area contributed by atoms with Gasteiger partial charge in [0.25, 0.3) is 0 Å². The Balaban J connectivity index is 2.07. The van der Waals surface area contributed by atoms with Gasteiger partial charge in [-0.2, -0.15) is 0 Å². The second kappa shape index (κ2) is 6.95. The molecule has 0 heterocycles. The van der Waals surface area contributed by atoms with Crippen molar-refractivity contribution in [3.63, 3.8) is 0 Å². The molecule has 2 aromatic carbocycles. The van der Waals surface area contributed by atoms with E-state index >= 15 is 0 Å². The predicted octanol–water partition coefficient (Wildman–Crippen LogP) is 2.55. The van der Waals surface area contributed by atoms with Crippen molar-refractivity contribution in [2.24, 2.45) is 0 Å². The number of anilines is 2. The van der Waals surface area contributed by atoms with E-state index in [1.165, 1.54) is 0 Å². The van der Waals surface area contributed by atoms with Crippen LogP contribution in [0.4, 0.5) is 11.4 Å². The molecule has 0 fully saturated rings. The first-order valence-electron chi connectivity index (χ1n) is 7.03. The van der Waals surface area contributed by atoms with Crippen molar-refractivity contribution in [2.45, 2.75) is 20.4 Å². The van der Waals surface area contributed by atoms with Gasteiger partial charge in [-0.1, -0.05) is 12.1 Å². The lowest BCUT2D eigenvalue weighted by Crippen LogP contribution is -2.15. The smallest absolute Gasteiger partial charge is 0.250 e. The zero-order valence-electron chi connectivity index (χ0n) is 12.7. The number of hydrogen-bond acceptors (Lipinski definition) is 4. The minimum atomic E-state index is -0.547. The summed E-state index contributed by atoms with van der Waals surface area (Å²) in [4.78, 5) is 11.2. The lowest BCUT2D eigenvalue weighted by atomic mass is 10.0. The summed E-state index contributed by atoms with van der Waals surface area (Å²) in [6, 6.07) is 10.9. The van der Waals surface area contributed by atoms with Gasteiger partial charge in [-0.15, -0.1) is 0 Å². The number of carbonyl (C=O) groups is 1. The summed E-state index contributed by atoms with van der Waals surface area (Å²) in [6.45, 7) is 3.89. The van der Waals surface area contributed by atoms with E-state index in [1.54, 1.807) is 24.3 Å². The van der Waals surface area contributed by atoms with E-state index in [0.717, 1.165) is 22.4 Å². The third-order valence-corrected chi connectivity index (χ3v) is 3.47. The molecular formula is C17H20N2O3. The Bertz CT molecular complexity index is 684. The molecule has 0 aliphatic carbocycles. The minimum Gasteiger partial charge on any atom is -0.508 e. The highest BCUT2D eigenvalue weighted by molar-refractivity contribution is 5.91. The molecule has 0 aliphatic rings. The van der Waals surface area contributed by atoms with Crippen molar-refractivity contribution >= 4 is 17.3 Å². The second-order valence-corrected chi connectivity index (χ2v) is 5.21. The van der Waals surface area contributed by atoms with Crippen LogP contribution in [0.2, 0.25) is 0 Å². The van der Waals surface area contributed by atoms with Crippen LogP contribution < -0.4 is 10.6 Å². The van der Waals surface area contributed by atoms with Crippen molar-refractivity contribution < 1.29 is 15.0 Å². The molecule has 2 rings (SSSR count). The number of aromatic hydroxyl groups is 1. The van der Waals surface area contributed by atoms with Gasteiger partial charge in [-0.05, 0) is 49.2 Å². The van der Waals surface area contributed by atoms with Crippen LogP contribution in [0.3, 0.4) is 0 Å². The third kappa shape index (κ3) is 3.99. The number of rotatable bonds is 5. The monoisotopic (exact) mass is 300 g/mol. The Hall–Kier alpha value is -2.53. The number of phenols is 1. The molecule has 22 heavy (non-hydrogen) atoms. The molecule has 1 amide bonds. The van der Waals surface area contributed by atoms with Crippen molar-refractivity contribution in [3.05, 3.63) is 53.1 Å². The maximum Gasteiger partial charge on any atom is 0.250 e. The molecule has 116 valence electrons. The van der Waals surface area contributed by atoms with Gasteiger partial charge >= 0.3 is 0 Å². The highest BCUT2D eigenvalue weighted by Crippen LogP contribution is 2.23. The zero-order valence-corrected chi connectivity index (χ0v) is 12.7. The molecule has 0 saturated heterocycles. The summed E-state index contributed by atoms with van der Waals surface area (Å²) in [7, 11) is 0. The topological polar surface area (TPSA) is 81.6 Å². The average molecular weight is 300 g/mol. The molecule has 0 atom stereocenters. The number of aliphatic hydroxyl groups is 1. The average Bonchev–Trinajstić information content (AvgIpc) is 2.50. The molecular weight excluding hydrogens is 280 g/mol. The van der Waals surface area contributed by atoms with E-state index in [-0.39, 0.29) is 5.75 Å². The summed E-state index contributed by atoms with van der Waals surface area (Å²) in [5.74, 6) is -0.190. The molecule has 0 aromatic heterocycles. The van der Waals surface area contributed by atoms with Crippen LogP contribution >= 0.6 is 0 Å². The Morgan fingerprint density at radius 1 is 1.09 bits per heavy atom. The van der Waals surface area contributed by atoms with Gasteiger partial charge in [0.05, 0.1) is 0 Å². The standard InChI is InChI=1S/C17H20N2O3/c1-11-6-13(16(21)7-12(11)2)9-18-14-4-3-5-15(8-14)19-17(22)10-20/h3-8,18,20-21H,9-10H2,1-2H3,(H,19,22). The Labute approximate surface area is 129 Å². The largest absolute Gasteiger partial charge is 0.508 e. The molecule has 0 saturated carbocycles. The Morgan fingerprint density at radius 2 is 1.77 bits per heavy atom. The zero-order chi connectivity index (χ0) is 16.1. The summed E-state index contributed by atoms with van der Waals surface area (Å²) in [5, 5.41) is 24.5. The molecule has 0 unspecified atom stereocenters. The molecule has 0 aliphatic heterocycles. The number of benzene rings is 2. The first-order valence-corrected chi connectivity index (χ1v) is 7.03. The van der Waals surface area contributed by atoms with Gasteiger partial charge in [-0.25, -0.2) is 0 Å². The predicted molar refractivity (Wildman–Crippen MR) is 87.1 cm³/mol. The quantitative estimate of drug-likeness (QED) is 0.684. The van der Waals surface area contributed by atoms with Crippen LogP contribution in [0.15, 0.2) is 36.4 Å². The van der Waals surface area contributed by atoms with Crippen molar-refractivity contribution in [3.8, 4) is 5.75 Å². The third-order valence-electron chi connectivity index (χ3n) is 3.47. The van der Waals surface area contributed by atoms with Crippen LogP contribution in [-0.2, 0) is 11.3 Å². The fourth-order valence-electron chi connectivity index (χ4n) is 2.11. The van der Waals surface area contributed by atoms with Crippen molar-refractivity contribution in [1.29, 1.82) is 0 Å². The molecule has 0 bridgehead atoms. The summed E-state index contributed by atoms with van der Waals surface area (Å²) in [6.07, 6.45) is 0. The van der Waals surface area contributed by atoms with Gasteiger partial charge in [0.2, 0.25) is 5.91 Å². The first kappa shape index (κ1) is 15.9. The number of phenolic OH excluding ortho intramolecular Hbond substituents is 1. The summed E-state index contributed by atoms with van der Waals surface area (Å²) < 4.78 is 0. The first-order chi connectivity index (χ1) is 10.5. The molecule has 5 nitrogen and oxygen atoms in total. The van der Waals surface area contributed by atoms with E-state index < -0.39 is 12.5 Å². The number of amides is 1. The fourth-order valence-corrected chi connectivity index (χ4v) is 2.11. The van der Waals surface area contributed by atoms with Gasteiger partial charge in [0, 0.05) is 23.5 Å². The maximum absolute atomic E-state index is 11.2. The lowest BCUT2D eigenvalue weighted by Gasteiger charge is -2.12. The highest BCUT2D eigenvalue weighted by Gasteiger charge is 2.05. The number of aryl methyl sites for hydroxylation is 2. The lowest BCUT2D eigenvalue weighted by molar-refractivity contribution is -0.118. The number of hydrogen-bond donors (Lipinski definition) is 4. The van der Waals surface area contributed by atoms with Gasteiger partial charge < -0.3 is 20.8 Å². The van der Waals surface area contributed by atoms with Crippen LogP contribution in [0.5, 0.6) is 5.75 Å². The number of nitrogens with one attached hydrogen (secondary N) is 2. The van der Waals surface area contributed by atoms with E-state index in [0.29, 0.717) is 12.2 Å². The van der Waals surface area contributed by atoms with Crippen LogP contribution in [-0.4, -0.2) is 22.7 Å².